The molecule has 0 spiro atoms. The van der Waals surface area contributed by atoms with E-state index in [4.69, 9.17) is 4.74 Å². The van der Waals surface area contributed by atoms with E-state index >= 15 is 0 Å². The van der Waals surface area contributed by atoms with Crippen molar-refractivity contribution >= 4 is 0 Å². The first-order valence-corrected chi connectivity index (χ1v) is 7.39. The molecule has 0 amide bonds. The highest BCUT2D eigenvalue weighted by Gasteiger charge is 2.49. The van der Waals surface area contributed by atoms with Crippen molar-refractivity contribution in [3.05, 3.63) is 102 Å². The van der Waals surface area contributed by atoms with Crippen LogP contribution in [-0.4, -0.2) is 5.11 Å². The van der Waals surface area contributed by atoms with Crippen LogP contribution in [0, 0.1) is 0 Å². The normalized spacial score (nSPS) is 22.9. The molecule has 2 nitrogen and oxygen atoms in total. The number of hydrogen-bond donors (Lipinski definition) is 1. The summed E-state index contributed by atoms with van der Waals surface area (Å²) in [4.78, 5) is 0. The number of ether oxygens (including phenoxy) is 1. The van der Waals surface area contributed by atoms with Gasteiger partial charge in [-0.2, -0.15) is 0 Å². The van der Waals surface area contributed by atoms with Gasteiger partial charge in [0.05, 0.1) is 0 Å². The molecule has 3 aromatic rings. The van der Waals surface area contributed by atoms with Gasteiger partial charge in [0.2, 0.25) is 0 Å². The quantitative estimate of drug-likeness (QED) is 0.770. The van der Waals surface area contributed by atoms with E-state index in [1.165, 1.54) is 0 Å². The maximum Gasteiger partial charge on any atom is 0.161 e. The molecule has 2 heteroatoms. The summed E-state index contributed by atoms with van der Waals surface area (Å²) in [5.41, 5.74) is 1.44. The lowest BCUT2D eigenvalue weighted by Gasteiger charge is -2.30. The SMILES string of the molecule is O[C@]1(c2ccccc2)c2ccccc2O[C@H]1c1ccccc1. The lowest BCUT2D eigenvalue weighted by Crippen LogP contribution is -2.32. The Morgan fingerprint density at radius 1 is 0.727 bits per heavy atom. The maximum absolute atomic E-state index is 11.6. The van der Waals surface area contributed by atoms with Gasteiger partial charge in [-0.3, -0.25) is 0 Å². The Balaban J connectivity index is 1.94. The zero-order valence-corrected chi connectivity index (χ0v) is 12.0. The van der Waals surface area contributed by atoms with Crippen molar-refractivity contribution in [3.63, 3.8) is 0 Å². The second-order valence-electron chi connectivity index (χ2n) is 5.54. The molecule has 0 aromatic heterocycles. The first-order chi connectivity index (χ1) is 10.8. The summed E-state index contributed by atoms with van der Waals surface area (Å²) in [6.07, 6.45) is -0.450. The third-order valence-electron chi connectivity index (χ3n) is 4.24. The molecule has 108 valence electrons. The van der Waals surface area contributed by atoms with Gasteiger partial charge in [0, 0.05) is 5.56 Å². The summed E-state index contributed by atoms with van der Waals surface area (Å²) < 4.78 is 6.11. The van der Waals surface area contributed by atoms with Crippen molar-refractivity contribution < 1.29 is 9.84 Å². The minimum absolute atomic E-state index is 0.450. The van der Waals surface area contributed by atoms with Gasteiger partial charge >= 0.3 is 0 Å². The first-order valence-electron chi connectivity index (χ1n) is 7.39. The van der Waals surface area contributed by atoms with Crippen LogP contribution in [0.2, 0.25) is 0 Å². The van der Waals surface area contributed by atoms with Crippen molar-refractivity contribution in [2.24, 2.45) is 0 Å². The van der Waals surface area contributed by atoms with E-state index < -0.39 is 11.7 Å². The molecular formula is C20H16O2. The molecule has 3 aromatic carbocycles. The summed E-state index contributed by atoms with van der Waals surface area (Å²) in [5, 5.41) is 11.6. The first kappa shape index (κ1) is 13.1. The van der Waals surface area contributed by atoms with Gasteiger partial charge in [-0.15, -0.1) is 0 Å². The molecule has 0 bridgehead atoms. The third kappa shape index (κ3) is 1.85. The van der Waals surface area contributed by atoms with Gasteiger partial charge in [0.25, 0.3) is 0 Å². The molecule has 0 fully saturated rings. The summed E-state index contributed by atoms with van der Waals surface area (Å²) >= 11 is 0. The fraction of sp³-hybridized carbons (Fsp3) is 0.100. The molecule has 22 heavy (non-hydrogen) atoms. The van der Waals surface area contributed by atoms with E-state index in [1.54, 1.807) is 0 Å². The Labute approximate surface area is 129 Å². The minimum Gasteiger partial charge on any atom is -0.482 e. The van der Waals surface area contributed by atoms with Crippen LogP contribution in [0.15, 0.2) is 84.9 Å². The molecular weight excluding hydrogens is 272 g/mol. The fourth-order valence-electron chi connectivity index (χ4n) is 3.17. The maximum atomic E-state index is 11.6. The standard InChI is InChI=1S/C20H16O2/c21-20(16-11-5-2-6-12-16)17-13-7-8-14-18(17)22-19(20)15-9-3-1-4-10-15/h1-14,19,21H/t19-,20+/m0/s1. The van der Waals surface area contributed by atoms with E-state index in [9.17, 15) is 5.11 Å². The molecule has 1 aliphatic heterocycles. The topological polar surface area (TPSA) is 29.5 Å². The third-order valence-corrected chi connectivity index (χ3v) is 4.24. The molecule has 1 heterocycles. The van der Waals surface area contributed by atoms with E-state index in [-0.39, 0.29) is 0 Å². The van der Waals surface area contributed by atoms with Crippen molar-refractivity contribution in [1.29, 1.82) is 0 Å². The second-order valence-corrected chi connectivity index (χ2v) is 5.54. The van der Waals surface area contributed by atoms with Crippen molar-refractivity contribution in [1.82, 2.24) is 0 Å². The fourth-order valence-corrected chi connectivity index (χ4v) is 3.17. The predicted molar refractivity (Wildman–Crippen MR) is 85.7 cm³/mol. The molecule has 0 aliphatic carbocycles. The molecule has 0 saturated carbocycles. The van der Waals surface area contributed by atoms with Crippen LogP contribution in [0.5, 0.6) is 5.75 Å². The monoisotopic (exact) mass is 288 g/mol. The Hall–Kier alpha value is -2.58. The number of aliphatic hydroxyl groups is 1. The van der Waals surface area contributed by atoms with Crippen LogP contribution in [-0.2, 0) is 5.60 Å². The zero-order valence-electron chi connectivity index (χ0n) is 12.0. The van der Waals surface area contributed by atoms with E-state index in [0.29, 0.717) is 0 Å². The van der Waals surface area contributed by atoms with Crippen LogP contribution in [0.25, 0.3) is 0 Å². The Morgan fingerprint density at radius 3 is 2.05 bits per heavy atom. The summed E-state index contributed by atoms with van der Waals surface area (Å²) in [6, 6.07) is 27.3. The highest BCUT2D eigenvalue weighted by Crippen LogP contribution is 2.52. The average molecular weight is 288 g/mol. The van der Waals surface area contributed by atoms with Crippen molar-refractivity contribution in [3.8, 4) is 5.75 Å². The number of para-hydroxylation sites is 1. The van der Waals surface area contributed by atoms with Crippen LogP contribution in [0.4, 0.5) is 0 Å². The zero-order chi connectivity index (χ0) is 15.0. The number of rotatable bonds is 2. The number of benzene rings is 3. The largest absolute Gasteiger partial charge is 0.482 e. The lowest BCUT2D eigenvalue weighted by atomic mass is 9.80. The van der Waals surface area contributed by atoms with Gasteiger partial charge in [-0.25, -0.2) is 0 Å². The Bertz CT molecular complexity index is 783. The molecule has 1 aliphatic rings. The molecule has 0 unspecified atom stereocenters. The van der Waals surface area contributed by atoms with Gasteiger partial charge in [-0.1, -0.05) is 78.9 Å². The van der Waals surface area contributed by atoms with E-state index in [0.717, 1.165) is 22.4 Å². The van der Waals surface area contributed by atoms with Gasteiger partial charge in [0.15, 0.2) is 11.7 Å². The minimum atomic E-state index is -1.18. The Morgan fingerprint density at radius 2 is 1.32 bits per heavy atom. The summed E-state index contributed by atoms with van der Waals surface area (Å²) in [7, 11) is 0. The van der Waals surface area contributed by atoms with Gasteiger partial charge in [0.1, 0.15) is 5.75 Å². The van der Waals surface area contributed by atoms with Crippen LogP contribution in [0.1, 0.15) is 22.8 Å². The van der Waals surface area contributed by atoms with Crippen molar-refractivity contribution in [2.75, 3.05) is 0 Å². The highest BCUT2D eigenvalue weighted by molar-refractivity contribution is 5.51. The molecule has 1 N–H and O–H groups in total. The van der Waals surface area contributed by atoms with Crippen molar-refractivity contribution in [2.45, 2.75) is 11.7 Å². The van der Waals surface area contributed by atoms with Crippen LogP contribution < -0.4 is 4.74 Å². The summed E-state index contributed by atoms with van der Waals surface area (Å²) in [5.74, 6) is 0.739. The molecule has 2 atom stereocenters. The molecule has 4 rings (SSSR count). The average Bonchev–Trinajstić information content (AvgIpc) is 2.91. The molecule has 0 saturated heterocycles. The smallest absolute Gasteiger partial charge is 0.161 e. The van der Waals surface area contributed by atoms with Crippen LogP contribution >= 0.6 is 0 Å². The van der Waals surface area contributed by atoms with E-state index in [2.05, 4.69) is 0 Å². The summed E-state index contributed by atoms with van der Waals surface area (Å²) in [6.45, 7) is 0. The van der Waals surface area contributed by atoms with E-state index in [1.807, 2.05) is 84.9 Å². The van der Waals surface area contributed by atoms with Gasteiger partial charge < -0.3 is 9.84 Å². The Kier molecular flexibility index (Phi) is 2.98. The second kappa shape index (κ2) is 5.00. The lowest BCUT2D eigenvalue weighted by molar-refractivity contribution is -0.00725. The van der Waals surface area contributed by atoms with Crippen LogP contribution in [0.3, 0.4) is 0 Å². The number of fused-ring (bicyclic) bond motifs is 1. The number of hydrogen-bond acceptors (Lipinski definition) is 2. The predicted octanol–water partition coefficient (Wildman–Crippen LogP) is 4.06. The van der Waals surface area contributed by atoms with Gasteiger partial charge in [-0.05, 0) is 17.2 Å². The highest BCUT2D eigenvalue weighted by atomic mass is 16.5. The molecule has 0 radical (unpaired) electrons.